The van der Waals surface area contributed by atoms with Crippen molar-refractivity contribution < 1.29 is 4.79 Å². The normalized spacial score (nSPS) is 12.2. The third kappa shape index (κ3) is 2.87. The van der Waals surface area contributed by atoms with Crippen LogP contribution in [0.2, 0.25) is 0 Å². The van der Waals surface area contributed by atoms with Crippen LogP contribution in [0.1, 0.15) is 13.3 Å². The van der Waals surface area contributed by atoms with E-state index in [0.29, 0.717) is 6.42 Å². The van der Waals surface area contributed by atoms with Crippen molar-refractivity contribution in [2.24, 2.45) is 11.8 Å². The average Bonchev–Trinajstić information content (AvgIpc) is 1.87. The number of hydrogen-bond acceptors (Lipinski definition) is 2. The Morgan fingerprint density at radius 2 is 2.56 bits per heavy atom. The number of carbonyl (C=O) groups excluding carboxylic acids is 1. The molecule has 0 heterocycles. The van der Waals surface area contributed by atoms with Gasteiger partial charge in [0.15, 0.2) is 0 Å². The first-order valence-electron chi connectivity index (χ1n) is 2.83. The van der Waals surface area contributed by atoms with Gasteiger partial charge in [0.2, 0.25) is 5.91 Å². The van der Waals surface area contributed by atoms with Gasteiger partial charge in [-0.05, 0) is 6.42 Å². The lowest BCUT2D eigenvalue weighted by molar-refractivity contribution is -0.124. The van der Waals surface area contributed by atoms with E-state index in [0.717, 1.165) is 0 Å². The van der Waals surface area contributed by atoms with Gasteiger partial charge in [-0.3, -0.25) is 10.2 Å². The molecule has 0 aromatic heterocycles. The second kappa shape index (κ2) is 4.09. The molecule has 0 saturated carbocycles. The minimum atomic E-state index is -0.144. The number of amides is 1. The summed E-state index contributed by atoms with van der Waals surface area (Å²) in [4.78, 5) is 10.6. The molecule has 52 valence electrons. The van der Waals surface area contributed by atoms with Crippen molar-refractivity contribution in [3.8, 4) is 0 Å². The minimum Gasteiger partial charge on any atom is -0.294 e. The number of hydrazine groups is 1. The molecule has 3 N–H and O–H groups in total. The fraction of sp³-hybridized carbons (Fsp3) is 0.500. The maximum atomic E-state index is 10.6. The van der Waals surface area contributed by atoms with E-state index in [1.54, 1.807) is 13.0 Å². The average molecular weight is 128 g/mol. The van der Waals surface area contributed by atoms with Gasteiger partial charge in [-0.25, -0.2) is 5.84 Å². The molecular formula is C6H12N2O. The van der Waals surface area contributed by atoms with Crippen molar-refractivity contribution in [2.45, 2.75) is 13.3 Å². The Balaban J connectivity index is 3.58. The number of allylic oxidation sites excluding steroid dienone is 1. The fourth-order valence-electron chi connectivity index (χ4n) is 0.499. The van der Waals surface area contributed by atoms with E-state index < -0.39 is 0 Å². The lowest BCUT2D eigenvalue weighted by Gasteiger charge is -2.04. The number of hydrogen-bond donors (Lipinski definition) is 2. The van der Waals surface area contributed by atoms with Crippen LogP contribution in [0.4, 0.5) is 0 Å². The third-order valence-corrected chi connectivity index (χ3v) is 1.11. The maximum absolute atomic E-state index is 10.6. The monoisotopic (exact) mass is 128 g/mol. The highest BCUT2D eigenvalue weighted by molar-refractivity contribution is 5.77. The van der Waals surface area contributed by atoms with Crippen molar-refractivity contribution in [3.05, 3.63) is 12.7 Å². The molecule has 1 unspecified atom stereocenters. The molecule has 0 aliphatic rings. The largest absolute Gasteiger partial charge is 0.294 e. The van der Waals surface area contributed by atoms with Crippen LogP contribution in [0.5, 0.6) is 0 Å². The summed E-state index contributed by atoms with van der Waals surface area (Å²) < 4.78 is 0. The molecule has 1 amide bonds. The summed E-state index contributed by atoms with van der Waals surface area (Å²) in [5.41, 5.74) is 2.06. The van der Waals surface area contributed by atoms with Crippen LogP contribution in [-0.2, 0) is 4.79 Å². The number of nitrogens with one attached hydrogen (secondary N) is 1. The number of rotatable bonds is 3. The van der Waals surface area contributed by atoms with Crippen LogP contribution < -0.4 is 11.3 Å². The Morgan fingerprint density at radius 1 is 2.00 bits per heavy atom. The van der Waals surface area contributed by atoms with Gasteiger partial charge in [-0.2, -0.15) is 0 Å². The molecule has 0 aliphatic heterocycles. The molecule has 1 atom stereocenters. The third-order valence-electron chi connectivity index (χ3n) is 1.11. The van der Waals surface area contributed by atoms with E-state index in [4.69, 9.17) is 5.84 Å². The topological polar surface area (TPSA) is 55.1 Å². The second-order valence-electron chi connectivity index (χ2n) is 1.93. The molecule has 0 saturated heterocycles. The van der Waals surface area contributed by atoms with E-state index in [-0.39, 0.29) is 11.8 Å². The molecule has 0 bridgehead atoms. The van der Waals surface area contributed by atoms with Crippen molar-refractivity contribution in [2.75, 3.05) is 0 Å². The fourth-order valence-corrected chi connectivity index (χ4v) is 0.499. The van der Waals surface area contributed by atoms with Crippen LogP contribution in [0.25, 0.3) is 0 Å². The molecule has 9 heavy (non-hydrogen) atoms. The lowest BCUT2D eigenvalue weighted by Crippen LogP contribution is -2.34. The molecule has 0 aliphatic carbocycles. The van der Waals surface area contributed by atoms with Gasteiger partial charge in [0.25, 0.3) is 0 Å². The zero-order valence-corrected chi connectivity index (χ0v) is 5.55. The number of carbonyl (C=O) groups is 1. The van der Waals surface area contributed by atoms with Gasteiger partial charge in [-0.1, -0.05) is 13.0 Å². The van der Waals surface area contributed by atoms with Crippen LogP contribution in [-0.4, -0.2) is 5.91 Å². The molecule has 0 aromatic carbocycles. The maximum Gasteiger partial charge on any atom is 0.237 e. The first-order valence-corrected chi connectivity index (χ1v) is 2.83. The highest BCUT2D eigenvalue weighted by atomic mass is 16.2. The zero-order valence-electron chi connectivity index (χ0n) is 5.55. The van der Waals surface area contributed by atoms with E-state index in [1.165, 1.54) is 0 Å². The highest BCUT2D eigenvalue weighted by Crippen LogP contribution is 1.99. The van der Waals surface area contributed by atoms with Gasteiger partial charge in [0.1, 0.15) is 0 Å². The highest BCUT2D eigenvalue weighted by Gasteiger charge is 2.07. The molecule has 3 nitrogen and oxygen atoms in total. The molecule has 0 spiro atoms. The Labute approximate surface area is 54.9 Å². The molecule has 3 heteroatoms. The van der Waals surface area contributed by atoms with Crippen molar-refractivity contribution in [3.63, 3.8) is 0 Å². The molecule has 0 aromatic rings. The predicted molar refractivity (Wildman–Crippen MR) is 36.3 cm³/mol. The van der Waals surface area contributed by atoms with Crippen LogP contribution >= 0.6 is 0 Å². The van der Waals surface area contributed by atoms with E-state index in [1.807, 2.05) is 0 Å². The SMILES string of the molecule is C=CCC(C)C(=O)NN. The van der Waals surface area contributed by atoms with Gasteiger partial charge in [-0.15, -0.1) is 6.58 Å². The standard InChI is InChI=1S/C6H12N2O/c1-3-4-5(2)6(9)8-7/h3,5H,1,4,7H2,2H3,(H,8,9). The zero-order chi connectivity index (χ0) is 7.28. The van der Waals surface area contributed by atoms with E-state index in [9.17, 15) is 4.79 Å². The van der Waals surface area contributed by atoms with Gasteiger partial charge in [0, 0.05) is 5.92 Å². The summed E-state index contributed by atoms with van der Waals surface area (Å²) in [6.45, 7) is 5.29. The van der Waals surface area contributed by atoms with Gasteiger partial charge in [0.05, 0.1) is 0 Å². The Bertz CT molecular complexity index is 112. The molecule has 0 radical (unpaired) electrons. The van der Waals surface area contributed by atoms with Crippen molar-refractivity contribution >= 4 is 5.91 Å². The van der Waals surface area contributed by atoms with Gasteiger partial charge < -0.3 is 0 Å². The summed E-state index contributed by atoms with van der Waals surface area (Å²) in [5.74, 6) is 4.66. The summed E-state index contributed by atoms with van der Waals surface area (Å²) in [6.07, 6.45) is 2.36. The Hall–Kier alpha value is -0.830. The smallest absolute Gasteiger partial charge is 0.237 e. The summed E-state index contributed by atoms with van der Waals surface area (Å²) in [5, 5.41) is 0. The van der Waals surface area contributed by atoms with Crippen LogP contribution in [0.3, 0.4) is 0 Å². The molecule has 0 rings (SSSR count). The Kier molecular flexibility index (Phi) is 3.71. The van der Waals surface area contributed by atoms with Crippen LogP contribution in [0.15, 0.2) is 12.7 Å². The summed E-state index contributed by atoms with van der Waals surface area (Å²) in [7, 11) is 0. The first-order chi connectivity index (χ1) is 4.22. The first kappa shape index (κ1) is 8.17. The van der Waals surface area contributed by atoms with E-state index in [2.05, 4.69) is 12.0 Å². The minimum absolute atomic E-state index is 0.0625. The molecule has 0 fully saturated rings. The second-order valence-corrected chi connectivity index (χ2v) is 1.93. The van der Waals surface area contributed by atoms with Crippen molar-refractivity contribution in [1.29, 1.82) is 0 Å². The van der Waals surface area contributed by atoms with Crippen LogP contribution in [0, 0.1) is 5.92 Å². The molecular weight excluding hydrogens is 116 g/mol. The Morgan fingerprint density at radius 3 is 2.89 bits per heavy atom. The van der Waals surface area contributed by atoms with Crippen molar-refractivity contribution in [1.82, 2.24) is 5.43 Å². The van der Waals surface area contributed by atoms with Gasteiger partial charge >= 0.3 is 0 Å². The summed E-state index contributed by atoms with van der Waals surface area (Å²) in [6, 6.07) is 0. The quantitative estimate of drug-likeness (QED) is 0.247. The lowest BCUT2D eigenvalue weighted by atomic mass is 10.1. The number of nitrogens with two attached hydrogens (primary N) is 1. The summed E-state index contributed by atoms with van der Waals surface area (Å²) >= 11 is 0. The predicted octanol–water partition coefficient (Wildman–Crippen LogP) is 0.189. The van der Waals surface area contributed by atoms with E-state index >= 15 is 0 Å².